The lowest BCUT2D eigenvalue weighted by Gasteiger charge is -2.27. The topological polar surface area (TPSA) is 177 Å². The van der Waals surface area contributed by atoms with E-state index in [-0.39, 0.29) is 30.6 Å². The smallest absolute Gasteiger partial charge is 0.330 e. The van der Waals surface area contributed by atoms with Gasteiger partial charge in [-0.2, -0.15) is 0 Å². The summed E-state index contributed by atoms with van der Waals surface area (Å²) in [7, 11) is 0. The van der Waals surface area contributed by atoms with Gasteiger partial charge in [0, 0.05) is 24.7 Å². The van der Waals surface area contributed by atoms with Gasteiger partial charge in [-0.3, -0.25) is 29.4 Å². The molecule has 4 amide bonds. The largest absolute Gasteiger partial charge is 0.460 e. The third-order valence-electron chi connectivity index (χ3n) is 6.53. The zero-order chi connectivity index (χ0) is 32.3. The number of amides is 4. The molecular weight excluding hydrogens is 594 g/mol. The molecule has 1 fully saturated rings. The van der Waals surface area contributed by atoms with Gasteiger partial charge >= 0.3 is 5.97 Å². The first-order valence-electron chi connectivity index (χ1n) is 14.8. The molecular formula is C30H41N3O12. The van der Waals surface area contributed by atoms with E-state index in [2.05, 4.69) is 17.2 Å². The molecule has 1 aromatic rings. The summed E-state index contributed by atoms with van der Waals surface area (Å²) in [6.45, 7) is 8.62. The summed E-state index contributed by atoms with van der Waals surface area (Å²) >= 11 is 0. The summed E-state index contributed by atoms with van der Waals surface area (Å²) in [6, 6.07) is 3.88. The molecule has 45 heavy (non-hydrogen) atoms. The quantitative estimate of drug-likeness (QED) is 0.0688. The van der Waals surface area contributed by atoms with E-state index in [4.69, 9.17) is 33.2 Å². The second-order valence-corrected chi connectivity index (χ2v) is 9.65. The van der Waals surface area contributed by atoms with Gasteiger partial charge in [0.1, 0.15) is 12.6 Å². The van der Waals surface area contributed by atoms with Crippen LogP contribution in [0.5, 0.6) is 0 Å². The first-order valence-corrected chi connectivity index (χ1v) is 14.8. The minimum atomic E-state index is -1.01. The molecule has 3 rings (SSSR count). The highest BCUT2D eigenvalue weighted by atomic mass is 16.6. The van der Waals surface area contributed by atoms with Crippen LogP contribution in [0.1, 0.15) is 33.6 Å². The van der Waals surface area contributed by atoms with Crippen LogP contribution in [0, 0.1) is 0 Å². The predicted molar refractivity (Wildman–Crippen MR) is 158 cm³/mol. The molecule has 0 radical (unpaired) electrons. The van der Waals surface area contributed by atoms with Crippen molar-refractivity contribution in [3.8, 4) is 0 Å². The van der Waals surface area contributed by atoms with E-state index >= 15 is 0 Å². The fourth-order valence-corrected chi connectivity index (χ4v) is 4.38. The van der Waals surface area contributed by atoms with Crippen molar-refractivity contribution in [1.29, 1.82) is 0 Å². The number of benzene rings is 1. The maximum Gasteiger partial charge on any atom is 0.330 e. The highest BCUT2D eigenvalue weighted by molar-refractivity contribution is 6.25. The number of carbonyl (C=O) groups excluding carboxylic acids is 5. The molecule has 2 N–H and O–H groups in total. The van der Waals surface area contributed by atoms with Crippen LogP contribution in [-0.2, 0) is 47.5 Å². The van der Waals surface area contributed by atoms with E-state index < -0.39 is 35.6 Å². The van der Waals surface area contributed by atoms with Crippen molar-refractivity contribution in [3.63, 3.8) is 0 Å². The Morgan fingerprint density at radius 2 is 1.33 bits per heavy atom. The van der Waals surface area contributed by atoms with Gasteiger partial charge in [-0.25, -0.2) is 4.79 Å². The first-order chi connectivity index (χ1) is 21.9. The number of ether oxygens (including phenoxy) is 7. The lowest BCUT2D eigenvalue weighted by molar-refractivity contribution is -0.139. The lowest BCUT2D eigenvalue weighted by atomic mass is 10.0. The monoisotopic (exact) mass is 635 g/mol. The van der Waals surface area contributed by atoms with Gasteiger partial charge in [0.25, 0.3) is 11.8 Å². The van der Waals surface area contributed by atoms with Crippen LogP contribution in [0.3, 0.4) is 0 Å². The van der Waals surface area contributed by atoms with Crippen LogP contribution >= 0.6 is 0 Å². The number of carbonyl (C=O) groups is 5. The Kier molecular flexibility index (Phi) is 16.1. The van der Waals surface area contributed by atoms with Crippen LogP contribution in [0.4, 0.5) is 5.69 Å². The molecule has 15 heteroatoms. The summed E-state index contributed by atoms with van der Waals surface area (Å²) in [5.41, 5.74) is 0.896. The van der Waals surface area contributed by atoms with Crippen molar-refractivity contribution in [2.24, 2.45) is 0 Å². The van der Waals surface area contributed by atoms with Gasteiger partial charge in [0.15, 0.2) is 0 Å². The molecule has 0 aliphatic carbocycles. The maximum atomic E-state index is 13.1. The normalized spacial score (nSPS) is 16.1. The van der Waals surface area contributed by atoms with Crippen molar-refractivity contribution in [1.82, 2.24) is 10.2 Å². The number of rotatable bonds is 24. The summed E-state index contributed by atoms with van der Waals surface area (Å²) < 4.78 is 37.3. The zero-order valence-electron chi connectivity index (χ0n) is 25.3. The fraction of sp³-hybridized carbons (Fsp3) is 0.567. The Bertz CT molecular complexity index is 1160. The molecule has 248 valence electrons. The van der Waals surface area contributed by atoms with Crippen molar-refractivity contribution in [2.45, 2.75) is 18.9 Å². The summed E-state index contributed by atoms with van der Waals surface area (Å²) in [5, 5.41) is 5.31. The highest BCUT2D eigenvalue weighted by Gasteiger charge is 2.45. The molecule has 0 aromatic heterocycles. The summed E-state index contributed by atoms with van der Waals surface area (Å²) in [5.74, 6) is -2.66. The van der Waals surface area contributed by atoms with Gasteiger partial charge in [-0.1, -0.05) is 12.6 Å². The van der Waals surface area contributed by atoms with E-state index in [0.717, 1.165) is 11.0 Å². The summed E-state index contributed by atoms with van der Waals surface area (Å²) in [6.07, 6.45) is 1.27. The van der Waals surface area contributed by atoms with E-state index in [9.17, 15) is 24.0 Å². The second-order valence-electron chi connectivity index (χ2n) is 9.65. The molecule has 0 spiro atoms. The van der Waals surface area contributed by atoms with Gasteiger partial charge < -0.3 is 38.5 Å². The van der Waals surface area contributed by atoms with Gasteiger partial charge in [-0.15, -0.1) is 0 Å². The number of nitrogens with zero attached hydrogens (tertiary/aromatic N) is 1. The predicted octanol–water partition coefficient (Wildman–Crippen LogP) is 0.329. The van der Waals surface area contributed by atoms with Crippen molar-refractivity contribution in [2.75, 3.05) is 97.8 Å². The number of anilines is 1. The SMILES string of the molecule is C=CC(=O)OCCOCCOCCOCCOCCOCCOCCNc1cccc2c1C(=O)N(C1CCC(=O)NC1=O)C2=O. The molecule has 2 aliphatic rings. The minimum absolute atomic E-state index is 0.0643. The molecule has 1 atom stereocenters. The van der Waals surface area contributed by atoms with Crippen molar-refractivity contribution >= 4 is 35.3 Å². The number of fused-ring (bicyclic) bond motifs is 1. The van der Waals surface area contributed by atoms with Crippen molar-refractivity contribution in [3.05, 3.63) is 42.0 Å². The molecule has 2 heterocycles. The maximum absolute atomic E-state index is 13.1. The zero-order valence-corrected chi connectivity index (χ0v) is 25.3. The Balaban J connectivity index is 1.13. The minimum Gasteiger partial charge on any atom is -0.460 e. The Morgan fingerprint density at radius 1 is 0.800 bits per heavy atom. The Hall–Kier alpha value is -3.73. The fourth-order valence-electron chi connectivity index (χ4n) is 4.38. The first kappa shape index (κ1) is 35.7. The number of imide groups is 2. The highest BCUT2D eigenvalue weighted by Crippen LogP contribution is 2.32. The molecule has 0 saturated carbocycles. The molecule has 1 saturated heterocycles. The Morgan fingerprint density at radius 3 is 1.87 bits per heavy atom. The van der Waals surface area contributed by atoms with E-state index in [1.807, 2.05) is 0 Å². The average Bonchev–Trinajstić information content (AvgIpc) is 3.29. The third kappa shape index (κ3) is 11.9. The van der Waals surface area contributed by atoms with Crippen LogP contribution < -0.4 is 10.6 Å². The number of hydrogen-bond donors (Lipinski definition) is 2. The van der Waals surface area contributed by atoms with Gasteiger partial charge in [0.2, 0.25) is 11.8 Å². The van der Waals surface area contributed by atoms with Crippen molar-refractivity contribution < 1.29 is 57.1 Å². The molecule has 0 bridgehead atoms. The standard InChI is InChI=1S/C30H41N3O12/c1-2-26(35)45-21-20-44-19-18-43-17-16-42-15-14-41-13-12-40-11-10-39-9-8-31-23-5-3-4-22-27(23)30(38)33(29(22)37)24-6-7-25(34)32-28(24)36/h2-5,24,31H,1,6-21H2,(H,32,34,36). The molecule has 2 aliphatic heterocycles. The van der Waals surface area contributed by atoms with E-state index in [1.165, 1.54) is 0 Å². The van der Waals surface area contributed by atoms with Gasteiger partial charge in [0.05, 0.1) is 90.4 Å². The average molecular weight is 636 g/mol. The second kappa shape index (κ2) is 20.3. The lowest BCUT2D eigenvalue weighted by Crippen LogP contribution is -2.54. The van der Waals surface area contributed by atoms with Crippen LogP contribution in [0.2, 0.25) is 0 Å². The van der Waals surface area contributed by atoms with Crippen LogP contribution in [0.15, 0.2) is 30.9 Å². The molecule has 1 unspecified atom stereocenters. The number of esters is 1. The summed E-state index contributed by atoms with van der Waals surface area (Å²) in [4.78, 5) is 61.5. The van der Waals surface area contributed by atoms with Crippen LogP contribution in [-0.4, -0.2) is 133 Å². The third-order valence-corrected chi connectivity index (χ3v) is 6.53. The van der Waals surface area contributed by atoms with Gasteiger partial charge in [-0.05, 0) is 18.6 Å². The number of hydrogen-bond acceptors (Lipinski definition) is 13. The molecule has 15 nitrogen and oxygen atoms in total. The van der Waals surface area contributed by atoms with Crippen LogP contribution in [0.25, 0.3) is 0 Å². The van der Waals surface area contributed by atoms with E-state index in [0.29, 0.717) is 91.5 Å². The number of piperidine rings is 1. The molecule has 1 aromatic carbocycles. The number of nitrogens with one attached hydrogen (secondary N) is 2. The van der Waals surface area contributed by atoms with E-state index in [1.54, 1.807) is 18.2 Å². The Labute approximate surface area is 261 Å².